The fraction of sp³-hybridized carbons (Fsp3) is 0.526. The molecular formula is C19H25N7O2. The number of nitrogens with zero attached hydrogens (tertiary/aromatic N) is 5. The molecule has 1 aliphatic heterocycles. The Kier molecular flexibility index (Phi) is 7.46. The lowest BCUT2D eigenvalue weighted by atomic mass is 9.98. The van der Waals surface area contributed by atoms with Gasteiger partial charge in [0.15, 0.2) is 5.82 Å². The molecule has 1 saturated heterocycles. The Balaban J connectivity index is 1.67. The van der Waals surface area contributed by atoms with Gasteiger partial charge in [-0.2, -0.15) is 5.26 Å². The number of benzene rings is 1. The number of nitriles is 1. The minimum Gasteiger partial charge on any atom is -0.374 e. The molecule has 148 valence electrons. The average molecular weight is 383 g/mol. The molecule has 1 fully saturated rings. The fourth-order valence-electron chi connectivity index (χ4n) is 3.19. The second-order valence-electron chi connectivity index (χ2n) is 6.77. The van der Waals surface area contributed by atoms with Crippen molar-refractivity contribution in [3.8, 4) is 6.07 Å². The summed E-state index contributed by atoms with van der Waals surface area (Å²) in [6.07, 6.45) is 2.12. The molecule has 2 atom stereocenters. The summed E-state index contributed by atoms with van der Waals surface area (Å²) in [5.41, 5.74) is 1.05. The highest BCUT2D eigenvalue weighted by atomic mass is 16.5. The van der Waals surface area contributed by atoms with E-state index in [0.29, 0.717) is 25.5 Å². The standard InChI is InChI=1S/C19H25N7O2/c20-9-5-11-26-18(23-24-25-26)17(14-28-13-15-6-2-1-3-7-15)22-19(27)16-8-4-10-21-12-16/h1-3,6-7,16-17,21H,4-5,8,10-14H2,(H,22,27)/t16?,17-/m1/s1. The maximum atomic E-state index is 12.7. The number of hydrogen-bond donors (Lipinski definition) is 2. The summed E-state index contributed by atoms with van der Waals surface area (Å²) in [4.78, 5) is 12.7. The van der Waals surface area contributed by atoms with Crippen LogP contribution in [-0.2, 0) is 22.7 Å². The van der Waals surface area contributed by atoms with E-state index in [1.807, 2.05) is 30.3 Å². The summed E-state index contributed by atoms with van der Waals surface area (Å²) in [6.45, 7) is 2.66. The van der Waals surface area contributed by atoms with Crippen LogP contribution < -0.4 is 10.6 Å². The van der Waals surface area contributed by atoms with Crippen molar-refractivity contribution >= 4 is 5.91 Å². The van der Waals surface area contributed by atoms with Gasteiger partial charge in [-0.3, -0.25) is 4.79 Å². The monoisotopic (exact) mass is 383 g/mol. The highest BCUT2D eigenvalue weighted by Gasteiger charge is 2.27. The largest absolute Gasteiger partial charge is 0.374 e. The summed E-state index contributed by atoms with van der Waals surface area (Å²) in [6, 6.07) is 11.4. The van der Waals surface area contributed by atoms with E-state index in [-0.39, 0.29) is 24.9 Å². The van der Waals surface area contributed by atoms with Gasteiger partial charge in [-0.15, -0.1) is 5.10 Å². The van der Waals surface area contributed by atoms with Crippen molar-refractivity contribution < 1.29 is 9.53 Å². The summed E-state index contributed by atoms with van der Waals surface area (Å²) in [5.74, 6) is 0.393. The van der Waals surface area contributed by atoms with Crippen LogP contribution in [0.2, 0.25) is 0 Å². The molecule has 0 saturated carbocycles. The molecule has 2 N–H and O–H groups in total. The molecule has 0 spiro atoms. The number of hydrogen-bond acceptors (Lipinski definition) is 7. The van der Waals surface area contributed by atoms with Gasteiger partial charge >= 0.3 is 0 Å². The molecule has 28 heavy (non-hydrogen) atoms. The van der Waals surface area contributed by atoms with Gasteiger partial charge in [0, 0.05) is 6.54 Å². The number of nitrogens with one attached hydrogen (secondary N) is 2. The zero-order valence-corrected chi connectivity index (χ0v) is 15.8. The van der Waals surface area contributed by atoms with Gasteiger partial charge in [0.1, 0.15) is 6.04 Å². The number of carbonyl (C=O) groups is 1. The van der Waals surface area contributed by atoms with Gasteiger partial charge in [0.05, 0.1) is 38.2 Å². The number of amides is 1. The highest BCUT2D eigenvalue weighted by molar-refractivity contribution is 5.79. The molecule has 1 aromatic heterocycles. The van der Waals surface area contributed by atoms with Crippen LogP contribution in [0.25, 0.3) is 0 Å². The van der Waals surface area contributed by atoms with Gasteiger partial charge in [0.2, 0.25) is 5.91 Å². The third-order valence-electron chi connectivity index (χ3n) is 4.69. The van der Waals surface area contributed by atoms with E-state index in [4.69, 9.17) is 10.00 Å². The number of ether oxygens (including phenoxy) is 1. The minimum absolute atomic E-state index is 0.0321. The van der Waals surface area contributed by atoms with Crippen LogP contribution in [0.3, 0.4) is 0 Å². The lowest BCUT2D eigenvalue weighted by Gasteiger charge is -2.25. The third kappa shape index (κ3) is 5.58. The number of carbonyl (C=O) groups excluding carboxylic acids is 1. The highest BCUT2D eigenvalue weighted by Crippen LogP contribution is 2.16. The summed E-state index contributed by atoms with van der Waals surface area (Å²) >= 11 is 0. The van der Waals surface area contributed by atoms with Gasteiger partial charge in [-0.25, -0.2) is 4.68 Å². The first-order valence-corrected chi connectivity index (χ1v) is 9.53. The Morgan fingerprint density at radius 1 is 1.43 bits per heavy atom. The molecule has 2 aromatic rings. The lowest BCUT2D eigenvalue weighted by molar-refractivity contribution is -0.126. The SMILES string of the molecule is N#CCCn1nnnc1[C@@H](COCc1ccccc1)NC(=O)C1CCCNC1. The first-order chi connectivity index (χ1) is 13.8. The Morgan fingerprint density at radius 2 is 2.29 bits per heavy atom. The number of aromatic nitrogens is 4. The Hall–Kier alpha value is -2.83. The number of piperidine rings is 1. The van der Waals surface area contributed by atoms with E-state index >= 15 is 0 Å². The van der Waals surface area contributed by atoms with Gasteiger partial charge in [0.25, 0.3) is 0 Å². The topological polar surface area (TPSA) is 118 Å². The quantitative estimate of drug-likeness (QED) is 0.662. The second kappa shape index (κ2) is 10.5. The predicted octanol–water partition coefficient (Wildman–Crippen LogP) is 0.960. The lowest BCUT2D eigenvalue weighted by Crippen LogP contribution is -2.43. The second-order valence-corrected chi connectivity index (χ2v) is 6.77. The van der Waals surface area contributed by atoms with Crippen molar-refractivity contribution in [3.63, 3.8) is 0 Å². The maximum absolute atomic E-state index is 12.7. The molecule has 0 aliphatic carbocycles. The van der Waals surface area contributed by atoms with Crippen LogP contribution in [0.15, 0.2) is 30.3 Å². The molecule has 1 amide bonds. The van der Waals surface area contributed by atoms with E-state index in [1.165, 1.54) is 0 Å². The zero-order chi connectivity index (χ0) is 19.6. The molecule has 0 bridgehead atoms. The first-order valence-electron chi connectivity index (χ1n) is 9.53. The molecule has 3 rings (SSSR count). The van der Waals surface area contributed by atoms with Crippen molar-refractivity contribution in [2.45, 2.75) is 38.5 Å². The van der Waals surface area contributed by atoms with Gasteiger partial charge in [-0.05, 0) is 35.4 Å². The van der Waals surface area contributed by atoms with E-state index in [0.717, 1.165) is 24.9 Å². The van der Waals surface area contributed by atoms with Crippen LogP contribution in [0.1, 0.15) is 36.7 Å². The molecule has 9 nitrogen and oxygen atoms in total. The fourth-order valence-corrected chi connectivity index (χ4v) is 3.19. The molecule has 0 radical (unpaired) electrons. The van der Waals surface area contributed by atoms with Crippen LogP contribution in [0.5, 0.6) is 0 Å². The van der Waals surface area contributed by atoms with E-state index in [1.54, 1.807) is 4.68 Å². The Bertz CT molecular complexity index is 781. The number of aryl methyl sites for hydroxylation is 1. The molecule has 9 heteroatoms. The molecule has 1 aliphatic rings. The molecule has 1 unspecified atom stereocenters. The van der Waals surface area contributed by atoms with Crippen LogP contribution in [0.4, 0.5) is 0 Å². The predicted molar refractivity (Wildman–Crippen MR) is 101 cm³/mol. The van der Waals surface area contributed by atoms with Crippen molar-refractivity contribution in [3.05, 3.63) is 41.7 Å². The van der Waals surface area contributed by atoms with Crippen LogP contribution in [-0.4, -0.2) is 45.8 Å². The van der Waals surface area contributed by atoms with Crippen molar-refractivity contribution in [2.75, 3.05) is 19.7 Å². The molecule has 2 heterocycles. The molecule has 1 aromatic carbocycles. The van der Waals surface area contributed by atoms with Crippen molar-refractivity contribution in [1.82, 2.24) is 30.8 Å². The number of tetrazole rings is 1. The van der Waals surface area contributed by atoms with Gasteiger partial charge in [-0.1, -0.05) is 30.3 Å². The summed E-state index contributed by atoms with van der Waals surface area (Å²) in [7, 11) is 0. The van der Waals surface area contributed by atoms with E-state index in [9.17, 15) is 4.79 Å². The van der Waals surface area contributed by atoms with E-state index in [2.05, 4.69) is 32.2 Å². The first kappa shape index (κ1) is 19.9. The van der Waals surface area contributed by atoms with Gasteiger partial charge < -0.3 is 15.4 Å². The summed E-state index contributed by atoms with van der Waals surface area (Å²) < 4.78 is 7.40. The van der Waals surface area contributed by atoms with Crippen molar-refractivity contribution in [1.29, 1.82) is 5.26 Å². The van der Waals surface area contributed by atoms with E-state index < -0.39 is 6.04 Å². The smallest absolute Gasteiger partial charge is 0.225 e. The summed E-state index contributed by atoms with van der Waals surface area (Å²) in [5, 5.41) is 26.9. The van der Waals surface area contributed by atoms with Crippen LogP contribution in [0, 0.1) is 17.2 Å². The zero-order valence-electron chi connectivity index (χ0n) is 15.8. The normalized spacial score (nSPS) is 17.6. The number of rotatable bonds is 9. The van der Waals surface area contributed by atoms with Crippen molar-refractivity contribution in [2.24, 2.45) is 5.92 Å². The van der Waals surface area contributed by atoms with Crippen LogP contribution >= 0.6 is 0 Å². The average Bonchev–Trinajstić information content (AvgIpc) is 3.21. The Labute approximate surface area is 164 Å². The third-order valence-corrected chi connectivity index (χ3v) is 4.69. The maximum Gasteiger partial charge on any atom is 0.225 e. The minimum atomic E-state index is -0.480. The Morgan fingerprint density at radius 3 is 3.04 bits per heavy atom. The molecular weight excluding hydrogens is 358 g/mol.